The van der Waals surface area contributed by atoms with E-state index in [2.05, 4.69) is 17.2 Å². The van der Waals surface area contributed by atoms with Crippen LogP contribution in [0.1, 0.15) is 35.2 Å². The summed E-state index contributed by atoms with van der Waals surface area (Å²) in [6.45, 7) is 5.43. The molecule has 0 aliphatic heterocycles. The number of carbonyl (C=O) groups excluding carboxylic acids is 2. The summed E-state index contributed by atoms with van der Waals surface area (Å²) < 4.78 is 0. The van der Waals surface area contributed by atoms with Gasteiger partial charge in [0.2, 0.25) is 5.91 Å². The molecule has 0 radical (unpaired) electrons. The number of amides is 2. The maximum absolute atomic E-state index is 12.8. The molecule has 124 valence electrons. The minimum Gasteiger partial charge on any atom is -0.350 e. The van der Waals surface area contributed by atoms with Crippen molar-refractivity contribution < 1.29 is 9.59 Å². The van der Waals surface area contributed by atoms with Crippen LogP contribution in [0.5, 0.6) is 0 Å². The van der Waals surface area contributed by atoms with Crippen molar-refractivity contribution in [3.05, 3.63) is 60.2 Å². The maximum atomic E-state index is 12.8. The zero-order chi connectivity index (χ0) is 17.1. The molecule has 0 aromatic heterocycles. The van der Waals surface area contributed by atoms with Gasteiger partial charge in [0.15, 0.2) is 0 Å². The molecule has 4 heteroatoms. The number of hydrogen-bond acceptors (Lipinski definition) is 2. The maximum Gasteiger partial charge on any atom is 0.252 e. The monoisotopic (exact) mass is 322 g/mol. The smallest absolute Gasteiger partial charge is 0.252 e. The Labute approximate surface area is 141 Å². The van der Waals surface area contributed by atoms with Crippen LogP contribution in [-0.4, -0.2) is 23.9 Å². The molecule has 4 nitrogen and oxygen atoms in total. The van der Waals surface area contributed by atoms with Gasteiger partial charge in [-0.1, -0.05) is 43.0 Å². The molecule has 1 aliphatic carbocycles. The van der Waals surface area contributed by atoms with Crippen LogP contribution in [-0.2, 0) is 4.79 Å². The van der Waals surface area contributed by atoms with Gasteiger partial charge < -0.3 is 10.6 Å². The number of fused-ring (bicyclic) bond motifs is 1. The second kappa shape index (κ2) is 6.87. The molecule has 1 saturated carbocycles. The Morgan fingerprint density at radius 2 is 1.79 bits per heavy atom. The van der Waals surface area contributed by atoms with Crippen LogP contribution in [0.15, 0.2) is 49.1 Å². The summed E-state index contributed by atoms with van der Waals surface area (Å²) in [5, 5.41) is 8.08. The van der Waals surface area contributed by atoms with Crippen LogP contribution in [0, 0.1) is 6.92 Å². The van der Waals surface area contributed by atoms with Crippen molar-refractivity contribution in [1.29, 1.82) is 0 Å². The summed E-state index contributed by atoms with van der Waals surface area (Å²) in [6.07, 6.45) is 3.79. The highest BCUT2D eigenvalue weighted by molar-refractivity contribution is 6.08. The molecule has 2 amide bonds. The van der Waals surface area contributed by atoms with E-state index in [9.17, 15) is 9.59 Å². The Kier molecular flexibility index (Phi) is 4.65. The lowest BCUT2D eigenvalue weighted by atomic mass is 9.99. The molecular weight excluding hydrogens is 300 g/mol. The topological polar surface area (TPSA) is 58.2 Å². The molecule has 0 heterocycles. The summed E-state index contributed by atoms with van der Waals surface area (Å²) in [7, 11) is 0. The van der Waals surface area contributed by atoms with E-state index in [1.807, 2.05) is 43.3 Å². The quantitative estimate of drug-likeness (QED) is 0.850. The Bertz CT molecular complexity index is 797. The van der Waals surface area contributed by atoms with Crippen molar-refractivity contribution in [2.75, 3.05) is 0 Å². The third kappa shape index (κ3) is 3.32. The van der Waals surface area contributed by atoms with E-state index < -0.39 is 0 Å². The van der Waals surface area contributed by atoms with Crippen LogP contribution in [0.4, 0.5) is 0 Å². The molecule has 2 atom stereocenters. The Morgan fingerprint density at radius 1 is 1.08 bits per heavy atom. The Morgan fingerprint density at radius 3 is 2.54 bits per heavy atom. The van der Waals surface area contributed by atoms with Crippen molar-refractivity contribution in [2.24, 2.45) is 0 Å². The lowest BCUT2D eigenvalue weighted by Gasteiger charge is -2.16. The van der Waals surface area contributed by atoms with E-state index >= 15 is 0 Å². The summed E-state index contributed by atoms with van der Waals surface area (Å²) in [4.78, 5) is 24.2. The Hall–Kier alpha value is -2.62. The third-order valence-corrected chi connectivity index (χ3v) is 4.66. The van der Waals surface area contributed by atoms with E-state index in [1.54, 1.807) is 0 Å². The lowest BCUT2D eigenvalue weighted by molar-refractivity contribution is -0.117. The molecule has 0 unspecified atom stereocenters. The Balaban J connectivity index is 1.73. The third-order valence-electron chi connectivity index (χ3n) is 4.66. The number of aryl methyl sites for hydroxylation is 1. The van der Waals surface area contributed by atoms with Crippen molar-refractivity contribution in [1.82, 2.24) is 10.6 Å². The van der Waals surface area contributed by atoms with Gasteiger partial charge in [-0.25, -0.2) is 0 Å². The molecule has 2 aromatic carbocycles. The van der Waals surface area contributed by atoms with Crippen molar-refractivity contribution in [3.8, 4) is 0 Å². The van der Waals surface area contributed by atoms with Crippen LogP contribution >= 0.6 is 0 Å². The van der Waals surface area contributed by atoms with Crippen molar-refractivity contribution >= 4 is 22.6 Å². The van der Waals surface area contributed by atoms with Gasteiger partial charge in [-0.15, -0.1) is 0 Å². The average Bonchev–Trinajstić information content (AvgIpc) is 3.01. The number of carbonyl (C=O) groups is 2. The van der Waals surface area contributed by atoms with Crippen LogP contribution in [0.3, 0.4) is 0 Å². The van der Waals surface area contributed by atoms with Crippen molar-refractivity contribution in [3.63, 3.8) is 0 Å². The predicted octanol–water partition coefficient (Wildman–Crippen LogP) is 3.10. The van der Waals surface area contributed by atoms with Gasteiger partial charge in [0.1, 0.15) is 0 Å². The predicted molar refractivity (Wildman–Crippen MR) is 95.9 cm³/mol. The first-order chi connectivity index (χ1) is 11.6. The summed E-state index contributed by atoms with van der Waals surface area (Å²) >= 11 is 0. The zero-order valence-corrected chi connectivity index (χ0v) is 13.8. The molecule has 0 spiro atoms. The molecule has 1 aliphatic rings. The molecule has 0 bridgehead atoms. The first-order valence-electron chi connectivity index (χ1n) is 8.30. The second-order valence-corrected chi connectivity index (χ2v) is 6.37. The van der Waals surface area contributed by atoms with Gasteiger partial charge in [0.25, 0.3) is 5.91 Å². The minimum absolute atomic E-state index is 0.0370. The first-order valence-corrected chi connectivity index (χ1v) is 8.30. The number of hydrogen-bond donors (Lipinski definition) is 2. The van der Waals surface area contributed by atoms with E-state index in [-0.39, 0.29) is 23.9 Å². The van der Waals surface area contributed by atoms with Crippen LogP contribution < -0.4 is 10.6 Å². The van der Waals surface area contributed by atoms with Crippen LogP contribution in [0.2, 0.25) is 0 Å². The highest BCUT2D eigenvalue weighted by Crippen LogP contribution is 2.24. The second-order valence-electron chi connectivity index (χ2n) is 6.37. The van der Waals surface area contributed by atoms with E-state index in [0.29, 0.717) is 0 Å². The van der Waals surface area contributed by atoms with Gasteiger partial charge in [0, 0.05) is 12.1 Å². The highest BCUT2D eigenvalue weighted by atomic mass is 16.2. The normalized spacial score (nSPS) is 19.9. The summed E-state index contributed by atoms with van der Waals surface area (Å²) in [5.41, 5.74) is 1.72. The van der Waals surface area contributed by atoms with Gasteiger partial charge in [-0.2, -0.15) is 0 Å². The fraction of sp³-hybridized carbons (Fsp3) is 0.300. The number of nitrogens with one attached hydrogen (secondary N) is 2. The standard InChI is InChI=1S/C20H22N2O2/c1-3-18(23)21-15-10-11-16(12-15)22-20(24)19-13(2)8-9-14-6-4-5-7-17(14)19/h3-9,15-16H,1,10-12H2,2H3,(H,21,23)(H,22,24)/t15-,16-/m1/s1. The lowest BCUT2D eigenvalue weighted by Crippen LogP contribution is -2.36. The average molecular weight is 322 g/mol. The van der Waals surface area contributed by atoms with Crippen LogP contribution in [0.25, 0.3) is 10.8 Å². The molecule has 1 fully saturated rings. The summed E-state index contributed by atoms with van der Waals surface area (Å²) in [5.74, 6) is -0.193. The molecule has 24 heavy (non-hydrogen) atoms. The highest BCUT2D eigenvalue weighted by Gasteiger charge is 2.27. The van der Waals surface area contributed by atoms with Gasteiger partial charge in [0.05, 0.1) is 5.56 Å². The largest absolute Gasteiger partial charge is 0.350 e. The van der Waals surface area contributed by atoms with E-state index in [4.69, 9.17) is 0 Å². The molecule has 2 N–H and O–H groups in total. The number of benzene rings is 2. The van der Waals surface area contributed by atoms with Gasteiger partial charge in [-0.05, 0) is 48.6 Å². The molecular formula is C20H22N2O2. The SMILES string of the molecule is C=CC(=O)N[C@@H]1CC[C@@H](NC(=O)c2c(C)ccc3ccccc23)C1. The number of rotatable bonds is 4. The van der Waals surface area contributed by atoms with Gasteiger partial charge in [-0.3, -0.25) is 9.59 Å². The fourth-order valence-corrected chi connectivity index (χ4v) is 3.44. The van der Waals surface area contributed by atoms with E-state index in [0.717, 1.165) is 41.2 Å². The summed E-state index contributed by atoms with van der Waals surface area (Å²) in [6, 6.07) is 12.1. The first kappa shape index (κ1) is 16.2. The van der Waals surface area contributed by atoms with E-state index in [1.165, 1.54) is 6.08 Å². The fourth-order valence-electron chi connectivity index (χ4n) is 3.44. The molecule has 0 saturated heterocycles. The zero-order valence-electron chi connectivity index (χ0n) is 13.8. The van der Waals surface area contributed by atoms with Gasteiger partial charge >= 0.3 is 0 Å². The minimum atomic E-state index is -0.156. The molecule has 3 rings (SSSR count). The molecule has 2 aromatic rings. The van der Waals surface area contributed by atoms with Crippen molar-refractivity contribution in [2.45, 2.75) is 38.3 Å².